The van der Waals surface area contributed by atoms with Crippen molar-refractivity contribution in [1.82, 2.24) is 8.97 Å². The van der Waals surface area contributed by atoms with Crippen LogP contribution in [0.25, 0.3) is 16.4 Å². The maximum atomic E-state index is 11.9. The third kappa shape index (κ3) is 0.783. The van der Waals surface area contributed by atoms with E-state index >= 15 is 0 Å². The Labute approximate surface area is 85.2 Å². The molecule has 0 spiro atoms. The van der Waals surface area contributed by atoms with Crippen LogP contribution in [-0.4, -0.2) is 8.97 Å². The van der Waals surface area contributed by atoms with Gasteiger partial charge in [-0.1, -0.05) is 18.2 Å². The molecule has 0 radical (unpaired) electrons. The molecule has 1 aliphatic rings. The number of aromatic nitrogens is 2. The van der Waals surface area contributed by atoms with E-state index < -0.39 is 0 Å². The first-order valence-electron chi connectivity index (χ1n) is 4.97. The predicted molar refractivity (Wildman–Crippen MR) is 58.3 cm³/mol. The molecular formula is C12H8N2O. The topological polar surface area (TPSA) is 26.4 Å². The fraction of sp³-hybridized carbons (Fsp3) is 0.0833. The Morgan fingerprint density at radius 1 is 1.13 bits per heavy atom. The first-order chi connectivity index (χ1) is 7.34. The van der Waals surface area contributed by atoms with Crippen molar-refractivity contribution < 1.29 is 0 Å². The van der Waals surface area contributed by atoms with Gasteiger partial charge in [-0.2, -0.15) is 0 Å². The van der Waals surface area contributed by atoms with Gasteiger partial charge in [-0.15, -0.1) is 0 Å². The summed E-state index contributed by atoms with van der Waals surface area (Å²) in [7, 11) is 0. The lowest BCUT2D eigenvalue weighted by Gasteiger charge is -1.93. The second kappa shape index (κ2) is 2.14. The molecule has 3 heterocycles. The summed E-state index contributed by atoms with van der Waals surface area (Å²) in [6, 6.07) is 10.0. The molecule has 0 saturated carbocycles. The molecule has 0 saturated heterocycles. The molecule has 4 rings (SSSR count). The third-order valence-electron chi connectivity index (χ3n) is 3.05. The van der Waals surface area contributed by atoms with Gasteiger partial charge in [0.2, 0.25) is 0 Å². The largest absolute Gasteiger partial charge is 0.310 e. The van der Waals surface area contributed by atoms with Crippen molar-refractivity contribution >= 4 is 16.4 Å². The van der Waals surface area contributed by atoms with Crippen LogP contribution in [0, 0.1) is 0 Å². The number of hydrogen-bond acceptors (Lipinski definition) is 1. The van der Waals surface area contributed by atoms with Gasteiger partial charge < -0.3 is 8.97 Å². The highest BCUT2D eigenvalue weighted by Gasteiger charge is 2.21. The molecule has 0 unspecified atom stereocenters. The van der Waals surface area contributed by atoms with Crippen LogP contribution in [0.5, 0.6) is 0 Å². The van der Waals surface area contributed by atoms with Crippen molar-refractivity contribution in [3.8, 4) is 0 Å². The Bertz CT molecular complexity index is 764. The fourth-order valence-corrected chi connectivity index (χ4v) is 2.21. The fourth-order valence-electron chi connectivity index (χ4n) is 2.21. The van der Waals surface area contributed by atoms with Crippen molar-refractivity contribution in [2.24, 2.45) is 0 Å². The van der Waals surface area contributed by atoms with E-state index in [2.05, 4.69) is 6.20 Å². The van der Waals surface area contributed by atoms with Crippen molar-refractivity contribution in [3.05, 3.63) is 52.6 Å². The monoisotopic (exact) mass is 196 g/mol. The Hall–Kier alpha value is -2.03. The zero-order chi connectivity index (χ0) is 9.99. The van der Waals surface area contributed by atoms with E-state index in [4.69, 9.17) is 0 Å². The predicted octanol–water partition coefficient (Wildman–Crippen LogP) is 1.62. The Balaban J connectivity index is 2.39. The molecule has 1 aromatic carbocycles. The average molecular weight is 196 g/mol. The van der Waals surface area contributed by atoms with E-state index in [0.717, 1.165) is 28.7 Å². The molecule has 0 aliphatic carbocycles. The highest BCUT2D eigenvalue weighted by Crippen LogP contribution is 2.22. The summed E-state index contributed by atoms with van der Waals surface area (Å²) in [4.78, 5) is 11.9. The molecule has 0 amide bonds. The normalized spacial score (nSPS) is 13.3. The molecule has 0 bridgehead atoms. The van der Waals surface area contributed by atoms with Gasteiger partial charge in [0.1, 0.15) is 5.52 Å². The van der Waals surface area contributed by atoms with E-state index in [-0.39, 0.29) is 5.56 Å². The zero-order valence-electron chi connectivity index (χ0n) is 7.97. The summed E-state index contributed by atoms with van der Waals surface area (Å²) in [6.07, 6.45) is 2.05. The quantitative estimate of drug-likeness (QED) is 0.419. The van der Waals surface area contributed by atoms with Crippen LogP contribution in [0.3, 0.4) is 0 Å². The van der Waals surface area contributed by atoms with E-state index in [9.17, 15) is 4.79 Å². The number of nitrogens with zero attached hydrogens (tertiary/aromatic N) is 2. The van der Waals surface area contributed by atoms with Crippen LogP contribution in [0.1, 0.15) is 5.69 Å². The molecule has 1 aliphatic heterocycles. The number of rotatable bonds is 0. The smallest absolute Gasteiger partial charge is 0.275 e. The second-order valence-electron chi connectivity index (χ2n) is 3.97. The minimum absolute atomic E-state index is 0.128. The van der Waals surface area contributed by atoms with Crippen LogP contribution in [0.4, 0.5) is 0 Å². The van der Waals surface area contributed by atoms with Crippen LogP contribution in [0.15, 0.2) is 41.3 Å². The van der Waals surface area contributed by atoms with E-state index in [1.807, 2.05) is 34.7 Å². The molecule has 2 aromatic heterocycles. The minimum Gasteiger partial charge on any atom is -0.310 e. The highest BCUT2D eigenvalue weighted by molar-refractivity contribution is 5.86. The lowest BCUT2D eigenvalue weighted by Crippen LogP contribution is -2.09. The van der Waals surface area contributed by atoms with E-state index in [1.165, 1.54) is 0 Å². The number of benzene rings is 1. The van der Waals surface area contributed by atoms with Gasteiger partial charge in [0.05, 0.1) is 17.8 Å². The number of hydrogen-bond donors (Lipinski definition) is 0. The first-order valence-corrected chi connectivity index (χ1v) is 4.97. The number of fused-ring (bicyclic) bond motifs is 4. The molecule has 15 heavy (non-hydrogen) atoms. The molecule has 0 fully saturated rings. The lowest BCUT2D eigenvalue weighted by molar-refractivity contribution is 1.04. The van der Waals surface area contributed by atoms with Gasteiger partial charge in [-0.3, -0.25) is 4.79 Å². The minimum atomic E-state index is 0.128. The van der Waals surface area contributed by atoms with Crippen LogP contribution in [-0.2, 0) is 6.54 Å². The summed E-state index contributed by atoms with van der Waals surface area (Å²) in [6.45, 7) is 0.800. The highest BCUT2D eigenvalue weighted by atomic mass is 16.1. The summed E-state index contributed by atoms with van der Waals surface area (Å²) in [5.74, 6) is 0. The van der Waals surface area contributed by atoms with Crippen LogP contribution >= 0.6 is 0 Å². The number of para-hydroxylation sites is 1. The summed E-state index contributed by atoms with van der Waals surface area (Å²) in [5, 5.41) is 1.13. The molecule has 0 atom stereocenters. The van der Waals surface area contributed by atoms with Gasteiger partial charge in [-0.05, 0) is 12.1 Å². The van der Waals surface area contributed by atoms with Gasteiger partial charge in [0.25, 0.3) is 5.56 Å². The van der Waals surface area contributed by atoms with Gasteiger partial charge in [0, 0.05) is 11.6 Å². The maximum absolute atomic E-state index is 11.9. The second-order valence-corrected chi connectivity index (χ2v) is 3.97. The molecule has 0 N–H and O–H groups in total. The standard InChI is InChI=1S/C12H8N2O/c15-12-11-5-8-3-1-2-4-10(8)14(11)7-9-6-13(9)12/h1-5,7H,6H2. The van der Waals surface area contributed by atoms with Crippen LogP contribution < -0.4 is 5.56 Å². The maximum Gasteiger partial charge on any atom is 0.275 e. The van der Waals surface area contributed by atoms with Crippen LogP contribution in [0.2, 0.25) is 0 Å². The zero-order valence-corrected chi connectivity index (χ0v) is 7.97. The summed E-state index contributed by atoms with van der Waals surface area (Å²) >= 11 is 0. The molecule has 3 heteroatoms. The average Bonchev–Trinajstić information content (AvgIpc) is 2.94. The first kappa shape index (κ1) is 7.29. The SMILES string of the molecule is O=c1c2cc3ccccc3n2cc2n1C2. The summed E-state index contributed by atoms with van der Waals surface area (Å²) < 4.78 is 3.80. The van der Waals surface area contributed by atoms with Crippen molar-refractivity contribution in [1.29, 1.82) is 0 Å². The molecule has 3 aromatic rings. The lowest BCUT2D eigenvalue weighted by atomic mass is 10.2. The van der Waals surface area contributed by atoms with Crippen molar-refractivity contribution in [2.45, 2.75) is 6.54 Å². The van der Waals surface area contributed by atoms with E-state index in [1.54, 1.807) is 4.57 Å². The molecular weight excluding hydrogens is 188 g/mol. The Morgan fingerprint density at radius 3 is 2.93 bits per heavy atom. The van der Waals surface area contributed by atoms with Gasteiger partial charge in [0.15, 0.2) is 0 Å². The van der Waals surface area contributed by atoms with Gasteiger partial charge >= 0.3 is 0 Å². The summed E-state index contributed by atoms with van der Waals surface area (Å²) in [5.41, 5.74) is 3.13. The van der Waals surface area contributed by atoms with Gasteiger partial charge in [-0.25, -0.2) is 0 Å². The Kier molecular flexibility index (Phi) is 1.04. The molecule has 3 nitrogen and oxygen atoms in total. The molecule has 72 valence electrons. The Morgan fingerprint density at radius 2 is 2.00 bits per heavy atom. The third-order valence-corrected chi connectivity index (χ3v) is 3.05. The van der Waals surface area contributed by atoms with Crippen molar-refractivity contribution in [3.63, 3.8) is 0 Å². The van der Waals surface area contributed by atoms with Crippen molar-refractivity contribution in [2.75, 3.05) is 0 Å². The van der Waals surface area contributed by atoms with E-state index in [0.29, 0.717) is 0 Å².